The third-order valence-corrected chi connectivity index (χ3v) is 6.76. The fourth-order valence-electron chi connectivity index (χ4n) is 1.76. The fourth-order valence-corrected chi connectivity index (χ4v) is 4.39. The summed E-state index contributed by atoms with van der Waals surface area (Å²) in [6.07, 6.45) is 0. The molecule has 0 N–H and O–H groups in total. The average Bonchev–Trinajstić information content (AvgIpc) is 2.70. The van der Waals surface area contributed by atoms with Crippen LogP contribution in [-0.2, 0) is 16.6 Å². The Kier molecular flexibility index (Phi) is 5.24. The highest BCUT2D eigenvalue weighted by atomic mass is 35.5. The summed E-state index contributed by atoms with van der Waals surface area (Å²) in [5.74, 6) is 0.473. The molecule has 20 heavy (non-hydrogen) atoms. The number of rotatable bonds is 4. The second-order valence-electron chi connectivity index (χ2n) is 4.59. The van der Waals surface area contributed by atoms with Gasteiger partial charge in [-0.25, -0.2) is 4.98 Å². The first-order valence-electron chi connectivity index (χ1n) is 6.13. The highest BCUT2D eigenvalue weighted by Crippen LogP contribution is 2.29. The fraction of sp³-hybridized carbons (Fsp3) is 0.357. The van der Waals surface area contributed by atoms with E-state index in [0.29, 0.717) is 15.8 Å². The van der Waals surface area contributed by atoms with Gasteiger partial charge in [-0.05, 0) is 38.5 Å². The Bertz CT molecular complexity index is 635. The standard InChI is InChI=1S/C14H15Cl2NOS2/c1-8-9(2)19-14(17-8)7-20(18)10(3)11-4-5-12(15)13(16)6-11/h4-6,10H,7H2,1-3H3/t10-,20-/m1/s1. The average molecular weight is 348 g/mol. The number of thiazole rings is 1. The van der Waals surface area contributed by atoms with Crippen molar-refractivity contribution in [1.29, 1.82) is 0 Å². The SMILES string of the molecule is Cc1nc(C[S@@](=O)[C@H](C)c2ccc(Cl)c(Cl)c2)sc1C. The van der Waals surface area contributed by atoms with E-state index in [0.717, 1.165) is 16.3 Å². The van der Waals surface area contributed by atoms with E-state index in [1.807, 2.05) is 26.8 Å². The summed E-state index contributed by atoms with van der Waals surface area (Å²) in [6, 6.07) is 5.39. The lowest BCUT2D eigenvalue weighted by atomic mass is 10.2. The summed E-state index contributed by atoms with van der Waals surface area (Å²) in [5, 5.41) is 1.83. The van der Waals surface area contributed by atoms with Gasteiger partial charge in [0.25, 0.3) is 0 Å². The molecule has 1 aromatic heterocycles. The summed E-state index contributed by atoms with van der Waals surface area (Å²) < 4.78 is 12.4. The molecule has 0 saturated heterocycles. The number of aryl methyl sites for hydroxylation is 2. The van der Waals surface area contributed by atoms with E-state index in [4.69, 9.17) is 23.2 Å². The van der Waals surface area contributed by atoms with Crippen LogP contribution in [-0.4, -0.2) is 9.19 Å². The monoisotopic (exact) mass is 347 g/mol. The Morgan fingerprint density at radius 2 is 2.00 bits per heavy atom. The zero-order valence-electron chi connectivity index (χ0n) is 11.4. The molecule has 2 nitrogen and oxygen atoms in total. The van der Waals surface area contributed by atoms with Gasteiger partial charge in [0.05, 0.1) is 26.7 Å². The minimum Gasteiger partial charge on any atom is -0.259 e. The van der Waals surface area contributed by atoms with Crippen molar-refractivity contribution in [2.45, 2.75) is 31.8 Å². The number of hydrogen-bond acceptors (Lipinski definition) is 3. The molecule has 2 rings (SSSR count). The van der Waals surface area contributed by atoms with Crippen LogP contribution in [0.25, 0.3) is 0 Å². The second-order valence-corrected chi connectivity index (χ2v) is 8.45. The first kappa shape index (κ1) is 16.0. The largest absolute Gasteiger partial charge is 0.259 e. The molecule has 6 heteroatoms. The number of nitrogens with zero attached hydrogens (tertiary/aromatic N) is 1. The molecule has 2 atom stereocenters. The van der Waals surface area contributed by atoms with Crippen LogP contribution in [0.4, 0.5) is 0 Å². The van der Waals surface area contributed by atoms with E-state index < -0.39 is 10.8 Å². The van der Waals surface area contributed by atoms with Gasteiger partial charge in [0, 0.05) is 15.7 Å². The van der Waals surface area contributed by atoms with Gasteiger partial charge < -0.3 is 0 Å². The smallest absolute Gasteiger partial charge is 0.106 e. The molecule has 0 amide bonds. The maximum atomic E-state index is 12.4. The number of hydrogen-bond donors (Lipinski definition) is 0. The first-order chi connectivity index (χ1) is 9.38. The second kappa shape index (κ2) is 6.56. The van der Waals surface area contributed by atoms with Crippen LogP contribution in [0.15, 0.2) is 18.2 Å². The van der Waals surface area contributed by atoms with Crippen molar-refractivity contribution in [2.75, 3.05) is 0 Å². The molecule has 0 aliphatic heterocycles. The third kappa shape index (κ3) is 3.61. The predicted molar refractivity (Wildman–Crippen MR) is 88.3 cm³/mol. The quantitative estimate of drug-likeness (QED) is 0.771. The van der Waals surface area contributed by atoms with Crippen LogP contribution in [0, 0.1) is 13.8 Å². The van der Waals surface area contributed by atoms with Gasteiger partial charge in [0.15, 0.2) is 0 Å². The Labute approximate surface area is 135 Å². The van der Waals surface area contributed by atoms with Crippen molar-refractivity contribution >= 4 is 45.3 Å². The molecule has 0 aliphatic carbocycles. The van der Waals surface area contributed by atoms with Crippen LogP contribution >= 0.6 is 34.5 Å². The molecule has 2 aromatic rings. The number of benzene rings is 1. The molecular weight excluding hydrogens is 333 g/mol. The van der Waals surface area contributed by atoms with Crippen LogP contribution in [0.3, 0.4) is 0 Å². The van der Waals surface area contributed by atoms with Crippen LogP contribution in [0.5, 0.6) is 0 Å². The number of halogens is 2. The van der Waals surface area contributed by atoms with Crippen LogP contribution in [0.2, 0.25) is 10.0 Å². The molecule has 0 saturated carbocycles. The molecule has 0 bridgehead atoms. The predicted octanol–water partition coefficient (Wildman–Crippen LogP) is 5.08. The zero-order valence-corrected chi connectivity index (χ0v) is 14.6. The summed E-state index contributed by atoms with van der Waals surface area (Å²) in [4.78, 5) is 5.62. The molecular formula is C14H15Cl2NOS2. The minimum absolute atomic E-state index is 0.103. The third-order valence-electron chi connectivity index (χ3n) is 3.15. The van der Waals surface area contributed by atoms with Crippen molar-refractivity contribution in [1.82, 2.24) is 4.98 Å². The normalized spacial score (nSPS) is 14.2. The molecule has 1 aromatic carbocycles. The van der Waals surface area contributed by atoms with E-state index in [1.165, 1.54) is 4.88 Å². The van der Waals surface area contributed by atoms with Gasteiger partial charge in [-0.3, -0.25) is 4.21 Å². The van der Waals surface area contributed by atoms with Gasteiger partial charge in [0.1, 0.15) is 5.01 Å². The first-order valence-corrected chi connectivity index (χ1v) is 9.09. The maximum absolute atomic E-state index is 12.4. The minimum atomic E-state index is -1.03. The Balaban J connectivity index is 2.13. The zero-order chi connectivity index (χ0) is 14.9. The molecule has 1 heterocycles. The van der Waals surface area contributed by atoms with Gasteiger partial charge in [-0.1, -0.05) is 29.3 Å². The van der Waals surface area contributed by atoms with Crippen molar-refractivity contribution < 1.29 is 4.21 Å². The summed E-state index contributed by atoms with van der Waals surface area (Å²) in [6.45, 7) is 5.94. The summed E-state index contributed by atoms with van der Waals surface area (Å²) in [5.41, 5.74) is 1.95. The Hall–Kier alpha value is -0.420. The van der Waals surface area contributed by atoms with Crippen LogP contribution < -0.4 is 0 Å². The van der Waals surface area contributed by atoms with Crippen molar-refractivity contribution in [3.8, 4) is 0 Å². The van der Waals surface area contributed by atoms with E-state index >= 15 is 0 Å². The molecule has 0 radical (unpaired) electrons. The van der Waals surface area contributed by atoms with Gasteiger partial charge in [-0.2, -0.15) is 0 Å². The summed E-state index contributed by atoms with van der Waals surface area (Å²) in [7, 11) is -1.03. The summed E-state index contributed by atoms with van der Waals surface area (Å²) >= 11 is 13.5. The highest BCUT2D eigenvalue weighted by molar-refractivity contribution is 7.84. The Morgan fingerprint density at radius 3 is 2.55 bits per heavy atom. The topological polar surface area (TPSA) is 30.0 Å². The van der Waals surface area contributed by atoms with Gasteiger partial charge in [-0.15, -0.1) is 11.3 Å². The van der Waals surface area contributed by atoms with E-state index in [2.05, 4.69) is 4.98 Å². The molecule has 0 aliphatic rings. The molecule has 108 valence electrons. The lowest BCUT2D eigenvalue weighted by Gasteiger charge is -2.11. The molecule has 0 unspecified atom stereocenters. The van der Waals surface area contributed by atoms with E-state index in [1.54, 1.807) is 23.5 Å². The van der Waals surface area contributed by atoms with Crippen molar-refractivity contribution in [2.24, 2.45) is 0 Å². The highest BCUT2D eigenvalue weighted by Gasteiger charge is 2.17. The lowest BCUT2D eigenvalue weighted by molar-refractivity contribution is 0.675. The van der Waals surface area contributed by atoms with Crippen LogP contribution in [0.1, 0.15) is 33.3 Å². The van der Waals surface area contributed by atoms with Gasteiger partial charge in [0.2, 0.25) is 0 Å². The van der Waals surface area contributed by atoms with Gasteiger partial charge >= 0.3 is 0 Å². The van der Waals surface area contributed by atoms with E-state index in [-0.39, 0.29) is 5.25 Å². The molecule has 0 fully saturated rings. The van der Waals surface area contributed by atoms with E-state index in [9.17, 15) is 4.21 Å². The Morgan fingerprint density at radius 1 is 1.30 bits per heavy atom. The van der Waals surface area contributed by atoms with Crippen molar-refractivity contribution in [3.63, 3.8) is 0 Å². The number of aromatic nitrogens is 1. The lowest BCUT2D eigenvalue weighted by Crippen LogP contribution is -2.05. The molecule has 0 spiro atoms. The van der Waals surface area contributed by atoms with Crippen molar-refractivity contribution in [3.05, 3.63) is 49.4 Å². The maximum Gasteiger partial charge on any atom is 0.106 e.